The van der Waals surface area contributed by atoms with Gasteiger partial charge in [0.05, 0.1) is 22.9 Å². The largest absolute Gasteiger partial charge is 0.456 e. The average molecular weight is 533 g/mol. The van der Waals surface area contributed by atoms with Gasteiger partial charge in [0.2, 0.25) is 5.79 Å². The minimum absolute atomic E-state index is 0.128. The predicted octanol–water partition coefficient (Wildman–Crippen LogP) is 3.41. The van der Waals surface area contributed by atoms with E-state index in [1.165, 1.54) is 13.4 Å². The van der Waals surface area contributed by atoms with Gasteiger partial charge in [-0.25, -0.2) is 19.6 Å². The third-order valence-corrected chi connectivity index (χ3v) is 6.82. The van der Waals surface area contributed by atoms with Crippen molar-refractivity contribution in [3.8, 4) is 0 Å². The van der Waals surface area contributed by atoms with Gasteiger partial charge < -0.3 is 23.9 Å². The van der Waals surface area contributed by atoms with Crippen molar-refractivity contribution < 1.29 is 28.5 Å². The van der Waals surface area contributed by atoms with Crippen LogP contribution >= 0.6 is 0 Å². The summed E-state index contributed by atoms with van der Waals surface area (Å²) >= 11 is 0. The summed E-state index contributed by atoms with van der Waals surface area (Å²) < 4.78 is 25.6. The summed E-state index contributed by atoms with van der Waals surface area (Å²) in [6, 6.07) is 17.0. The first kappa shape index (κ1) is 26.3. The number of ether oxygens (including phenoxy) is 4. The number of fused-ring (bicyclic) bond motifs is 1. The number of carbonyl (C=O) groups excluding carboxylic acids is 2. The van der Waals surface area contributed by atoms with E-state index in [-0.39, 0.29) is 17.8 Å². The lowest BCUT2D eigenvalue weighted by molar-refractivity contribution is -0.268. The SMILES string of the molecule is COC1(COC(=O)c2ccccc2)O[C@@H](n2cnc3c(=O)[nH]c(C)nc32)C(C)(C)[C@@H]1OC(=O)c1ccccc1. The molecule has 3 atom stereocenters. The Morgan fingerprint density at radius 2 is 1.64 bits per heavy atom. The number of aromatic nitrogens is 4. The van der Waals surface area contributed by atoms with E-state index >= 15 is 0 Å². The number of hydrogen-bond acceptors (Lipinski definition) is 9. The molecule has 4 aromatic rings. The van der Waals surface area contributed by atoms with E-state index in [0.29, 0.717) is 17.0 Å². The molecule has 1 N–H and O–H groups in total. The number of benzene rings is 2. The van der Waals surface area contributed by atoms with Crippen molar-refractivity contribution >= 4 is 23.1 Å². The second-order valence-electron chi connectivity index (χ2n) is 9.88. The lowest BCUT2D eigenvalue weighted by atomic mass is 9.83. The van der Waals surface area contributed by atoms with E-state index in [4.69, 9.17) is 18.9 Å². The molecule has 1 aliphatic heterocycles. The number of esters is 2. The molecule has 0 spiro atoms. The zero-order chi connectivity index (χ0) is 27.8. The molecule has 39 heavy (non-hydrogen) atoms. The third-order valence-electron chi connectivity index (χ3n) is 6.82. The first-order chi connectivity index (χ1) is 18.7. The predicted molar refractivity (Wildman–Crippen MR) is 139 cm³/mol. The van der Waals surface area contributed by atoms with Crippen molar-refractivity contribution in [1.82, 2.24) is 19.5 Å². The Hall–Kier alpha value is -4.35. The standard InChI is InChI=1S/C28H28N4O7/c1-17-30-21-20(22(33)31-17)29-16-32(21)26-27(2,3)25(38-24(35)19-13-9-6-10-14-19)28(36-4,39-26)15-37-23(34)18-11-7-5-8-12-18/h5-14,16,25-26H,15H2,1-4H3,(H,30,31,33)/t25-,26+,28?/m0/s1. The molecule has 0 radical (unpaired) electrons. The molecule has 2 aromatic heterocycles. The molecule has 0 bridgehead atoms. The maximum Gasteiger partial charge on any atom is 0.338 e. The fourth-order valence-corrected chi connectivity index (χ4v) is 4.86. The number of H-pyrrole nitrogens is 1. The molecule has 1 aliphatic rings. The van der Waals surface area contributed by atoms with Crippen LogP contribution in [0.2, 0.25) is 0 Å². The van der Waals surface area contributed by atoms with Gasteiger partial charge in [0.15, 0.2) is 17.3 Å². The van der Waals surface area contributed by atoms with Gasteiger partial charge in [-0.05, 0) is 31.2 Å². The molecule has 0 saturated carbocycles. The van der Waals surface area contributed by atoms with Crippen LogP contribution in [0.15, 0.2) is 71.8 Å². The lowest BCUT2D eigenvalue weighted by Crippen LogP contribution is -2.52. The van der Waals surface area contributed by atoms with Gasteiger partial charge in [0, 0.05) is 7.11 Å². The summed E-state index contributed by atoms with van der Waals surface area (Å²) in [5, 5.41) is 0. The summed E-state index contributed by atoms with van der Waals surface area (Å²) in [4.78, 5) is 49.9. The smallest absolute Gasteiger partial charge is 0.338 e. The molecule has 11 heteroatoms. The zero-order valence-corrected chi connectivity index (χ0v) is 21.9. The lowest BCUT2D eigenvalue weighted by Gasteiger charge is -2.35. The van der Waals surface area contributed by atoms with Gasteiger partial charge in [-0.3, -0.25) is 9.36 Å². The Morgan fingerprint density at radius 1 is 1.03 bits per heavy atom. The van der Waals surface area contributed by atoms with Crippen LogP contribution in [0.3, 0.4) is 0 Å². The van der Waals surface area contributed by atoms with Gasteiger partial charge in [-0.1, -0.05) is 50.2 Å². The molecule has 1 saturated heterocycles. The molecule has 11 nitrogen and oxygen atoms in total. The van der Waals surface area contributed by atoms with Crippen LogP contribution in [0, 0.1) is 12.3 Å². The minimum atomic E-state index is -1.70. The second-order valence-corrected chi connectivity index (χ2v) is 9.88. The molecular weight excluding hydrogens is 504 g/mol. The van der Waals surface area contributed by atoms with Crippen LogP contribution in [0.4, 0.5) is 0 Å². The van der Waals surface area contributed by atoms with Crippen molar-refractivity contribution in [2.45, 2.75) is 38.9 Å². The maximum absolute atomic E-state index is 13.2. The highest BCUT2D eigenvalue weighted by Crippen LogP contribution is 2.52. The van der Waals surface area contributed by atoms with Crippen molar-refractivity contribution in [2.24, 2.45) is 5.41 Å². The Kier molecular flexibility index (Phi) is 6.79. The second kappa shape index (κ2) is 10.1. The summed E-state index contributed by atoms with van der Waals surface area (Å²) in [5.74, 6) is -2.50. The number of imidazole rings is 1. The number of aryl methyl sites for hydroxylation is 1. The van der Waals surface area contributed by atoms with Gasteiger partial charge in [0.1, 0.15) is 18.7 Å². The van der Waals surface area contributed by atoms with E-state index in [1.54, 1.807) is 72.2 Å². The Bertz CT molecular complexity index is 1570. The molecular formula is C28H28N4O7. The summed E-state index contributed by atoms with van der Waals surface area (Å²) in [7, 11) is 1.39. The third kappa shape index (κ3) is 4.70. The van der Waals surface area contributed by atoms with E-state index in [9.17, 15) is 14.4 Å². The number of aromatic amines is 1. The minimum Gasteiger partial charge on any atom is -0.456 e. The quantitative estimate of drug-likeness (QED) is 0.355. The first-order valence-corrected chi connectivity index (χ1v) is 12.3. The van der Waals surface area contributed by atoms with E-state index in [0.717, 1.165) is 0 Å². The highest BCUT2D eigenvalue weighted by Gasteiger charge is 2.64. The molecule has 0 amide bonds. The Labute approximate surface area is 223 Å². The highest BCUT2D eigenvalue weighted by atomic mass is 16.8. The summed E-state index contributed by atoms with van der Waals surface area (Å²) in [5.41, 5.74) is -0.284. The normalized spacial score (nSPS) is 22.1. The number of nitrogens with zero attached hydrogens (tertiary/aromatic N) is 3. The maximum atomic E-state index is 13.2. The fourth-order valence-electron chi connectivity index (χ4n) is 4.86. The number of hydrogen-bond donors (Lipinski definition) is 1. The average Bonchev–Trinajstić information content (AvgIpc) is 3.45. The number of carbonyl (C=O) groups is 2. The van der Waals surface area contributed by atoms with Crippen molar-refractivity contribution in [3.63, 3.8) is 0 Å². The van der Waals surface area contributed by atoms with Crippen LogP contribution in [0.1, 0.15) is 46.6 Å². The van der Waals surface area contributed by atoms with Gasteiger partial charge in [0.25, 0.3) is 5.56 Å². The number of rotatable bonds is 7. The van der Waals surface area contributed by atoms with Gasteiger partial charge in [-0.2, -0.15) is 0 Å². The molecule has 1 fully saturated rings. The Balaban J connectivity index is 1.55. The summed E-state index contributed by atoms with van der Waals surface area (Å²) in [6.07, 6.45) is -0.492. The molecule has 2 aromatic carbocycles. The molecule has 3 heterocycles. The van der Waals surface area contributed by atoms with Crippen LogP contribution < -0.4 is 5.56 Å². The fraction of sp³-hybridized carbons (Fsp3) is 0.321. The van der Waals surface area contributed by atoms with Crippen LogP contribution in [-0.2, 0) is 18.9 Å². The van der Waals surface area contributed by atoms with E-state index in [2.05, 4.69) is 15.0 Å². The van der Waals surface area contributed by atoms with Crippen molar-refractivity contribution in [1.29, 1.82) is 0 Å². The van der Waals surface area contributed by atoms with Crippen molar-refractivity contribution in [3.05, 3.63) is 94.3 Å². The van der Waals surface area contributed by atoms with E-state index in [1.807, 2.05) is 13.8 Å². The van der Waals surface area contributed by atoms with Crippen LogP contribution in [-0.4, -0.2) is 57.1 Å². The summed E-state index contributed by atoms with van der Waals surface area (Å²) in [6.45, 7) is 4.92. The zero-order valence-electron chi connectivity index (χ0n) is 21.9. The topological polar surface area (TPSA) is 135 Å². The molecule has 5 rings (SSSR count). The molecule has 0 aliphatic carbocycles. The highest BCUT2D eigenvalue weighted by molar-refractivity contribution is 5.90. The molecule has 1 unspecified atom stereocenters. The molecule has 202 valence electrons. The van der Waals surface area contributed by atoms with Gasteiger partial charge >= 0.3 is 11.9 Å². The number of methoxy groups -OCH3 is 1. The number of nitrogens with one attached hydrogen (secondary N) is 1. The first-order valence-electron chi connectivity index (χ1n) is 12.3. The van der Waals surface area contributed by atoms with Crippen molar-refractivity contribution in [2.75, 3.05) is 13.7 Å². The Morgan fingerprint density at radius 3 is 2.26 bits per heavy atom. The van der Waals surface area contributed by atoms with Crippen LogP contribution in [0.25, 0.3) is 11.2 Å². The van der Waals surface area contributed by atoms with Crippen LogP contribution in [0.5, 0.6) is 0 Å². The van der Waals surface area contributed by atoms with E-state index < -0.39 is 41.0 Å². The van der Waals surface area contributed by atoms with Gasteiger partial charge in [-0.15, -0.1) is 0 Å². The monoisotopic (exact) mass is 532 g/mol.